The van der Waals surface area contributed by atoms with Crippen LogP contribution in [0.5, 0.6) is 0 Å². The number of hydrogen-bond donors (Lipinski definition) is 2. The monoisotopic (exact) mass is 412 g/mol. The van der Waals surface area contributed by atoms with E-state index in [2.05, 4.69) is 32.7 Å². The molecule has 0 saturated carbocycles. The normalized spacial score (nSPS) is 15.3. The summed E-state index contributed by atoms with van der Waals surface area (Å²) in [7, 11) is 0. The molecule has 0 fully saturated rings. The van der Waals surface area contributed by atoms with Gasteiger partial charge in [0, 0.05) is 11.1 Å². The van der Waals surface area contributed by atoms with Crippen molar-refractivity contribution < 1.29 is 9.18 Å². The number of amides is 1. The topological polar surface area (TPSA) is 66.9 Å². The van der Waals surface area contributed by atoms with Gasteiger partial charge in [-0.05, 0) is 66.8 Å². The lowest BCUT2D eigenvalue weighted by Crippen LogP contribution is -2.32. The molecule has 6 heteroatoms. The zero-order valence-electron chi connectivity index (χ0n) is 16.8. The molecule has 1 heterocycles. The van der Waals surface area contributed by atoms with Crippen LogP contribution in [-0.2, 0) is 6.42 Å². The minimum Gasteiger partial charge on any atom is -0.343 e. The van der Waals surface area contributed by atoms with E-state index < -0.39 is 0 Å². The molecule has 0 saturated heterocycles. The lowest BCUT2D eigenvalue weighted by molar-refractivity contribution is 0.0922. The highest BCUT2D eigenvalue weighted by atomic mass is 19.1. The first-order valence-electron chi connectivity index (χ1n) is 10.4. The zero-order chi connectivity index (χ0) is 21.2. The Morgan fingerprint density at radius 2 is 1.71 bits per heavy atom. The van der Waals surface area contributed by atoms with Crippen LogP contribution < -0.4 is 10.6 Å². The molecule has 1 aromatic heterocycles. The summed E-state index contributed by atoms with van der Waals surface area (Å²) in [6.45, 7) is 0. The molecule has 0 bridgehead atoms. The summed E-state index contributed by atoms with van der Waals surface area (Å²) < 4.78 is 13.3. The molecule has 3 aromatic carbocycles. The van der Waals surface area contributed by atoms with Gasteiger partial charge in [-0.3, -0.25) is 4.79 Å². The van der Waals surface area contributed by atoms with Crippen LogP contribution in [0.4, 0.5) is 15.9 Å². The van der Waals surface area contributed by atoms with Gasteiger partial charge in [-0.1, -0.05) is 36.4 Å². The Labute approximate surface area is 179 Å². The molecule has 5 rings (SSSR count). The summed E-state index contributed by atoms with van der Waals surface area (Å²) in [4.78, 5) is 22.1. The van der Waals surface area contributed by atoms with E-state index in [0.717, 1.165) is 30.2 Å². The van der Waals surface area contributed by atoms with Crippen molar-refractivity contribution in [3.05, 3.63) is 95.6 Å². The van der Waals surface area contributed by atoms with Crippen molar-refractivity contribution in [2.45, 2.75) is 25.3 Å². The highest BCUT2D eigenvalue weighted by molar-refractivity contribution is 5.97. The molecule has 0 aliphatic heterocycles. The average Bonchev–Trinajstić information content (AvgIpc) is 2.80. The molecular formula is C25H21FN4O. The molecule has 1 amide bonds. The van der Waals surface area contributed by atoms with Crippen molar-refractivity contribution in [3.63, 3.8) is 0 Å². The number of benzene rings is 3. The summed E-state index contributed by atoms with van der Waals surface area (Å²) in [6, 6.07) is 21.7. The first-order chi connectivity index (χ1) is 15.2. The number of halogens is 1. The highest BCUT2D eigenvalue weighted by Crippen LogP contribution is 2.30. The van der Waals surface area contributed by atoms with Gasteiger partial charge in [0.2, 0.25) is 5.82 Å². The molecule has 1 unspecified atom stereocenters. The van der Waals surface area contributed by atoms with E-state index in [1.54, 1.807) is 12.1 Å². The van der Waals surface area contributed by atoms with Gasteiger partial charge in [0.1, 0.15) is 11.6 Å². The maximum absolute atomic E-state index is 13.3. The molecule has 154 valence electrons. The Bertz CT molecular complexity index is 1260. The summed E-state index contributed by atoms with van der Waals surface area (Å²) in [5.41, 5.74) is 3.78. The van der Waals surface area contributed by atoms with E-state index in [-0.39, 0.29) is 23.6 Å². The molecule has 1 atom stereocenters. The summed E-state index contributed by atoms with van der Waals surface area (Å²) in [5, 5.41) is 7.09. The lowest BCUT2D eigenvalue weighted by Gasteiger charge is -2.26. The van der Waals surface area contributed by atoms with Gasteiger partial charge in [-0.25, -0.2) is 14.4 Å². The molecule has 0 radical (unpaired) electrons. The first kappa shape index (κ1) is 19.2. The standard InChI is InChI=1S/C25H21FN4O/c26-17-12-14-18(15-13-17)27-23-20-9-3-4-10-22(20)28-24(30-23)25(31)29-21-11-5-7-16-6-1-2-8-19(16)21/h1-4,6,8-10,12-15,21H,5,7,11H2,(H,29,31)(H,27,28,30). The third kappa shape index (κ3) is 3.97. The molecule has 4 aromatic rings. The minimum atomic E-state index is -0.314. The third-order valence-corrected chi connectivity index (χ3v) is 5.59. The number of rotatable bonds is 4. The van der Waals surface area contributed by atoms with Crippen LogP contribution in [0.15, 0.2) is 72.8 Å². The third-order valence-electron chi connectivity index (χ3n) is 5.59. The van der Waals surface area contributed by atoms with Crippen LogP contribution >= 0.6 is 0 Å². The van der Waals surface area contributed by atoms with E-state index in [1.807, 2.05) is 36.4 Å². The lowest BCUT2D eigenvalue weighted by atomic mass is 9.88. The number of aryl methyl sites for hydroxylation is 1. The van der Waals surface area contributed by atoms with E-state index >= 15 is 0 Å². The van der Waals surface area contributed by atoms with Crippen molar-refractivity contribution in [3.8, 4) is 0 Å². The molecule has 2 N–H and O–H groups in total. The van der Waals surface area contributed by atoms with E-state index in [0.29, 0.717) is 17.0 Å². The van der Waals surface area contributed by atoms with E-state index in [9.17, 15) is 9.18 Å². The molecule has 31 heavy (non-hydrogen) atoms. The van der Waals surface area contributed by atoms with Crippen LogP contribution in [0.25, 0.3) is 10.9 Å². The van der Waals surface area contributed by atoms with E-state index in [1.165, 1.54) is 17.7 Å². The fourth-order valence-electron chi connectivity index (χ4n) is 4.07. The maximum Gasteiger partial charge on any atom is 0.289 e. The van der Waals surface area contributed by atoms with Gasteiger partial charge in [0.15, 0.2) is 0 Å². The van der Waals surface area contributed by atoms with Gasteiger partial charge < -0.3 is 10.6 Å². The predicted molar refractivity (Wildman–Crippen MR) is 119 cm³/mol. The summed E-state index contributed by atoms with van der Waals surface area (Å²) in [6.07, 6.45) is 2.94. The second-order valence-corrected chi connectivity index (χ2v) is 7.66. The first-order valence-corrected chi connectivity index (χ1v) is 10.4. The van der Waals surface area contributed by atoms with Crippen LogP contribution in [0.2, 0.25) is 0 Å². The Hall–Kier alpha value is -3.80. The fraction of sp³-hybridized carbons (Fsp3) is 0.160. The maximum atomic E-state index is 13.3. The number of nitrogens with one attached hydrogen (secondary N) is 2. The van der Waals surface area contributed by atoms with Crippen molar-refractivity contribution >= 4 is 28.3 Å². The summed E-state index contributed by atoms with van der Waals surface area (Å²) >= 11 is 0. The van der Waals surface area contributed by atoms with Gasteiger partial charge in [0.05, 0.1) is 11.6 Å². The number of anilines is 2. The molecular weight excluding hydrogens is 391 g/mol. The highest BCUT2D eigenvalue weighted by Gasteiger charge is 2.23. The Balaban J connectivity index is 1.47. The second kappa shape index (κ2) is 8.14. The largest absolute Gasteiger partial charge is 0.343 e. The van der Waals surface area contributed by atoms with Crippen LogP contribution in [0, 0.1) is 5.82 Å². The number of aromatic nitrogens is 2. The Morgan fingerprint density at radius 1 is 0.935 bits per heavy atom. The van der Waals surface area contributed by atoms with Crippen LogP contribution in [-0.4, -0.2) is 15.9 Å². The number of carbonyl (C=O) groups is 1. The van der Waals surface area contributed by atoms with Gasteiger partial charge in [0.25, 0.3) is 5.91 Å². The van der Waals surface area contributed by atoms with Crippen molar-refractivity contribution in [1.82, 2.24) is 15.3 Å². The van der Waals surface area contributed by atoms with Crippen LogP contribution in [0.1, 0.15) is 40.6 Å². The number of fused-ring (bicyclic) bond motifs is 2. The van der Waals surface area contributed by atoms with Crippen molar-refractivity contribution in [2.24, 2.45) is 0 Å². The van der Waals surface area contributed by atoms with Crippen molar-refractivity contribution in [1.29, 1.82) is 0 Å². The number of para-hydroxylation sites is 1. The molecule has 0 spiro atoms. The van der Waals surface area contributed by atoms with Gasteiger partial charge in [-0.15, -0.1) is 0 Å². The molecule has 1 aliphatic carbocycles. The fourth-order valence-corrected chi connectivity index (χ4v) is 4.07. The number of hydrogen-bond acceptors (Lipinski definition) is 4. The SMILES string of the molecule is O=C(NC1CCCc2ccccc21)c1nc(Nc2ccc(F)cc2)c2ccccc2n1. The predicted octanol–water partition coefficient (Wildman–Crippen LogP) is 5.32. The number of carbonyl (C=O) groups excluding carboxylic acids is 1. The minimum absolute atomic E-state index is 0.0546. The van der Waals surface area contributed by atoms with Crippen LogP contribution in [0.3, 0.4) is 0 Å². The quantitative estimate of drug-likeness (QED) is 0.476. The van der Waals surface area contributed by atoms with Gasteiger partial charge >= 0.3 is 0 Å². The molecule has 1 aliphatic rings. The molecule has 5 nitrogen and oxygen atoms in total. The number of nitrogens with zero attached hydrogens (tertiary/aromatic N) is 2. The average molecular weight is 412 g/mol. The van der Waals surface area contributed by atoms with Gasteiger partial charge in [-0.2, -0.15) is 0 Å². The summed E-state index contributed by atoms with van der Waals surface area (Å²) in [5.74, 6) is -0.0155. The zero-order valence-corrected chi connectivity index (χ0v) is 16.8. The second-order valence-electron chi connectivity index (χ2n) is 7.66. The Morgan fingerprint density at radius 3 is 2.58 bits per heavy atom. The van der Waals surface area contributed by atoms with Crippen molar-refractivity contribution in [2.75, 3.05) is 5.32 Å². The van der Waals surface area contributed by atoms with E-state index in [4.69, 9.17) is 0 Å². The Kier molecular flexibility index (Phi) is 5.04. The smallest absolute Gasteiger partial charge is 0.289 e.